The number of aryl methyl sites for hydroxylation is 1. The van der Waals surface area contributed by atoms with Gasteiger partial charge in [-0.3, -0.25) is 4.79 Å². The highest BCUT2D eigenvalue weighted by Gasteiger charge is 2.10. The third-order valence-electron chi connectivity index (χ3n) is 4.18. The highest BCUT2D eigenvalue weighted by molar-refractivity contribution is 5.95. The number of carbonyl (C=O) groups excluding carboxylic acids is 1. The SMILES string of the molecule is Cc1nccn1-c1ccc(CNC(=O)c2cccc(N(C)C)c2)cc1F. The Balaban J connectivity index is 1.70. The summed E-state index contributed by atoms with van der Waals surface area (Å²) in [6.45, 7) is 2.07. The molecule has 0 bridgehead atoms. The van der Waals surface area contributed by atoms with Crippen molar-refractivity contribution < 1.29 is 9.18 Å². The zero-order valence-electron chi connectivity index (χ0n) is 15.0. The monoisotopic (exact) mass is 352 g/mol. The number of benzene rings is 2. The van der Waals surface area contributed by atoms with E-state index >= 15 is 0 Å². The lowest BCUT2D eigenvalue weighted by atomic mass is 10.1. The summed E-state index contributed by atoms with van der Waals surface area (Å²) >= 11 is 0. The van der Waals surface area contributed by atoms with Crippen LogP contribution in [0.15, 0.2) is 54.9 Å². The smallest absolute Gasteiger partial charge is 0.251 e. The Bertz CT molecular complexity index is 933. The zero-order valence-corrected chi connectivity index (χ0v) is 15.0. The van der Waals surface area contributed by atoms with Crippen LogP contribution in [0.3, 0.4) is 0 Å². The van der Waals surface area contributed by atoms with Gasteiger partial charge in [0.05, 0.1) is 5.69 Å². The molecule has 0 aliphatic carbocycles. The topological polar surface area (TPSA) is 50.2 Å². The average molecular weight is 352 g/mol. The Kier molecular flexibility index (Phi) is 5.02. The zero-order chi connectivity index (χ0) is 18.7. The van der Waals surface area contributed by atoms with E-state index < -0.39 is 0 Å². The van der Waals surface area contributed by atoms with Gasteiger partial charge in [0.25, 0.3) is 5.91 Å². The maximum absolute atomic E-state index is 14.4. The first-order chi connectivity index (χ1) is 12.5. The van der Waals surface area contributed by atoms with Crippen LogP contribution in [0.1, 0.15) is 21.7 Å². The molecule has 6 heteroatoms. The molecule has 0 radical (unpaired) electrons. The molecule has 2 aromatic carbocycles. The molecule has 5 nitrogen and oxygen atoms in total. The molecule has 1 heterocycles. The highest BCUT2D eigenvalue weighted by atomic mass is 19.1. The summed E-state index contributed by atoms with van der Waals surface area (Å²) in [5.74, 6) is 0.168. The summed E-state index contributed by atoms with van der Waals surface area (Å²) in [4.78, 5) is 18.4. The first kappa shape index (κ1) is 17.7. The van der Waals surface area contributed by atoms with Gasteiger partial charge >= 0.3 is 0 Å². The summed E-state index contributed by atoms with van der Waals surface area (Å²) in [5.41, 5.74) is 2.65. The largest absolute Gasteiger partial charge is 0.378 e. The van der Waals surface area contributed by atoms with Crippen molar-refractivity contribution in [3.05, 3.63) is 77.6 Å². The lowest BCUT2D eigenvalue weighted by molar-refractivity contribution is 0.0951. The van der Waals surface area contributed by atoms with E-state index in [0.717, 1.165) is 5.69 Å². The van der Waals surface area contributed by atoms with Gasteiger partial charge < -0.3 is 14.8 Å². The molecule has 0 spiro atoms. The number of carbonyl (C=O) groups is 1. The minimum absolute atomic E-state index is 0.191. The number of amides is 1. The summed E-state index contributed by atoms with van der Waals surface area (Å²) in [6.07, 6.45) is 3.34. The fourth-order valence-electron chi connectivity index (χ4n) is 2.70. The normalized spacial score (nSPS) is 10.6. The number of nitrogens with one attached hydrogen (secondary N) is 1. The van der Waals surface area contributed by atoms with Crippen LogP contribution in [-0.2, 0) is 6.54 Å². The predicted molar refractivity (Wildman–Crippen MR) is 100 cm³/mol. The van der Waals surface area contributed by atoms with Gasteiger partial charge in [0, 0.05) is 44.3 Å². The van der Waals surface area contributed by atoms with Gasteiger partial charge in [-0.15, -0.1) is 0 Å². The summed E-state index contributed by atoms with van der Waals surface area (Å²) < 4.78 is 16.1. The van der Waals surface area contributed by atoms with Crippen LogP contribution in [0.4, 0.5) is 10.1 Å². The number of nitrogens with zero attached hydrogens (tertiary/aromatic N) is 3. The summed E-state index contributed by atoms with van der Waals surface area (Å²) in [6, 6.07) is 12.3. The van der Waals surface area contributed by atoms with E-state index in [2.05, 4.69) is 10.3 Å². The number of imidazole rings is 1. The van der Waals surface area contributed by atoms with Gasteiger partial charge in [0.2, 0.25) is 0 Å². The fraction of sp³-hybridized carbons (Fsp3) is 0.200. The van der Waals surface area contributed by atoms with Crippen molar-refractivity contribution in [1.82, 2.24) is 14.9 Å². The Morgan fingerprint density at radius 3 is 2.69 bits per heavy atom. The van der Waals surface area contributed by atoms with Gasteiger partial charge in [-0.1, -0.05) is 12.1 Å². The fourth-order valence-corrected chi connectivity index (χ4v) is 2.70. The maximum atomic E-state index is 14.4. The van der Waals surface area contributed by atoms with E-state index in [4.69, 9.17) is 0 Å². The summed E-state index contributed by atoms with van der Waals surface area (Å²) in [5, 5.41) is 2.83. The van der Waals surface area contributed by atoms with Crippen LogP contribution in [0, 0.1) is 12.7 Å². The van der Waals surface area contributed by atoms with E-state index in [-0.39, 0.29) is 18.3 Å². The highest BCUT2D eigenvalue weighted by Crippen LogP contribution is 2.17. The van der Waals surface area contributed by atoms with Crippen LogP contribution >= 0.6 is 0 Å². The van der Waals surface area contributed by atoms with Gasteiger partial charge in [-0.25, -0.2) is 9.37 Å². The number of aromatic nitrogens is 2. The van der Waals surface area contributed by atoms with Crippen LogP contribution < -0.4 is 10.2 Å². The van der Waals surface area contributed by atoms with Crippen molar-refractivity contribution in [2.45, 2.75) is 13.5 Å². The predicted octanol–water partition coefficient (Wildman–Crippen LogP) is 3.32. The van der Waals surface area contributed by atoms with Crippen molar-refractivity contribution in [1.29, 1.82) is 0 Å². The van der Waals surface area contributed by atoms with Crippen LogP contribution in [0.2, 0.25) is 0 Å². The molecule has 0 saturated heterocycles. The number of halogens is 1. The van der Waals surface area contributed by atoms with Crippen molar-refractivity contribution in [3.63, 3.8) is 0 Å². The van der Waals surface area contributed by atoms with Gasteiger partial charge in [0.1, 0.15) is 11.6 Å². The Morgan fingerprint density at radius 1 is 1.23 bits per heavy atom. The van der Waals surface area contributed by atoms with Crippen LogP contribution in [0.25, 0.3) is 5.69 Å². The molecule has 134 valence electrons. The van der Waals surface area contributed by atoms with E-state index in [1.807, 2.05) is 44.1 Å². The number of rotatable bonds is 5. The molecule has 3 aromatic rings. The van der Waals surface area contributed by atoms with Crippen LogP contribution in [0.5, 0.6) is 0 Å². The van der Waals surface area contributed by atoms with E-state index in [1.54, 1.807) is 35.2 Å². The molecule has 0 aliphatic heterocycles. The average Bonchev–Trinajstić information content (AvgIpc) is 3.05. The molecule has 1 aromatic heterocycles. The first-order valence-electron chi connectivity index (χ1n) is 8.30. The molecular formula is C20H21FN4O. The Hall–Kier alpha value is -3.15. The van der Waals surface area contributed by atoms with Crippen molar-refractivity contribution in [3.8, 4) is 5.69 Å². The lowest BCUT2D eigenvalue weighted by Gasteiger charge is -2.13. The standard InChI is InChI=1S/C20H21FN4O/c1-14-22-9-10-25(14)19-8-7-15(11-18(19)21)13-23-20(26)16-5-4-6-17(12-16)24(2)3/h4-12H,13H2,1-3H3,(H,23,26). The van der Waals surface area contributed by atoms with Crippen LogP contribution in [-0.4, -0.2) is 29.6 Å². The van der Waals surface area contributed by atoms with Crippen molar-refractivity contribution in [2.24, 2.45) is 0 Å². The molecule has 0 atom stereocenters. The lowest BCUT2D eigenvalue weighted by Crippen LogP contribution is -2.23. The minimum Gasteiger partial charge on any atom is -0.378 e. The van der Waals surface area contributed by atoms with Crippen molar-refractivity contribution in [2.75, 3.05) is 19.0 Å². The van der Waals surface area contributed by atoms with Crippen molar-refractivity contribution >= 4 is 11.6 Å². The van der Waals surface area contributed by atoms with Gasteiger partial charge in [0.15, 0.2) is 0 Å². The second kappa shape index (κ2) is 7.39. The quantitative estimate of drug-likeness (QED) is 0.766. The number of hydrogen-bond acceptors (Lipinski definition) is 3. The Morgan fingerprint density at radius 2 is 2.04 bits per heavy atom. The summed E-state index contributed by atoms with van der Waals surface area (Å²) in [7, 11) is 3.84. The first-order valence-corrected chi connectivity index (χ1v) is 8.30. The Labute approximate surface area is 152 Å². The molecule has 1 amide bonds. The maximum Gasteiger partial charge on any atom is 0.251 e. The molecule has 0 unspecified atom stereocenters. The second-order valence-electron chi connectivity index (χ2n) is 6.26. The molecule has 0 aliphatic rings. The molecule has 3 rings (SSSR count). The second-order valence-corrected chi connectivity index (χ2v) is 6.26. The number of hydrogen-bond donors (Lipinski definition) is 1. The molecule has 0 fully saturated rings. The molecule has 1 N–H and O–H groups in total. The third-order valence-corrected chi connectivity index (χ3v) is 4.18. The third kappa shape index (κ3) is 3.74. The van der Waals surface area contributed by atoms with E-state index in [0.29, 0.717) is 22.6 Å². The molecular weight excluding hydrogens is 331 g/mol. The van der Waals surface area contributed by atoms with E-state index in [1.165, 1.54) is 6.07 Å². The number of anilines is 1. The molecule has 0 saturated carbocycles. The minimum atomic E-state index is -0.354. The van der Waals surface area contributed by atoms with Gasteiger partial charge in [-0.2, -0.15) is 0 Å². The molecule has 26 heavy (non-hydrogen) atoms. The van der Waals surface area contributed by atoms with E-state index in [9.17, 15) is 9.18 Å². The van der Waals surface area contributed by atoms with Gasteiger partial charge in [-0.05, 0) is 42.8 Å².